The van der Waals surface area contributed by atoms with Crippen LogP contribution in [0.4, 0.5) is 0 Å². The first kappa shape index (κ1) is 13.6. The SMILES string of the molecule is CC1CCCCN1CCCN1Cc2ccccc2C1=N. The third-order valence-corrected chi connectivity index (χ3v) is 4.76. The molecule has 108 valence electrons. The second-order valence-electron chi connectivity index (χ2n) is 6.16. The normalized spacial score (nSPS) is 23.1. The first-order valence-corrected chi connectivity index (χ1v) is 7.91. The lowest BCUT2D eigenvalue weighted by atomic mass is 10.0. The maximum atomic E-state index is 8.26. The number of hydrogen-bond acceptors (Lipinski definition) is 2. The fraction of sp³-hybridized carbons (Fsp3) is 0.588. The summed E-state index contributed by atoms with van der Waals surface area (Å²) in [5, 5.41) is 8.26. The van der Waals surface area contributed by atoms with E-state index in [9.17, 15) is 0 Å². The third kappa shape index (κ3) is 2.73. The van der Waals surface area contributed by atoms with Crippen molar-refractivity contribution in [3.05, 3.63) is 35.4 Å². The second kappa shape index (κ2) is 5.96. The van der Waals surface area contributed by atoms with Gasteiger partial charge in [0, 0.05) is 31.2 Å². The molecule has 2 aliphatic rings. The van der Waals surface area contributed by atoms with Crippen LogP contribution in [0.15, 0.2) is 24.3 Å². The van der Waals surface area contributed by atoms with Gasteiger partial charge in [0.2, 0.25) is 0 Å². The minimum atomic E-state index is 0.715. The number of amidine groups is 1. The van der Waals surface area contributed by atoms with Gasteiger partial charge in [-0.25, -0.2) is 0 Å². The van der Waals surface area contributed by atoms with Gasteiger partial charge in [0.1, 0.15) is 5.84 Å². The van der Waals surface area contributed by atoms with E-state index in [1.165, 1.54) is 44.3 Å². The number of nitrogens with zero attached hydrogens (tertiary/aromatic N) is 2. The van der Waals surface area contributed by atoms with Gasteiger partial charge in [-0.2, -0.15) is 0 Å². The predicted molar refractivity (Wildman–Crippen MR) is 83.2 cm³/mol. The summed E-state index contributed by atoms with van der Waals surface area (Å²) in [5.74, 6) is 0.715. The molecule has 0 bridgehead atoms. The topological polar surface area (TPSA) is 30.3 Å². The molecule has 0 aromatic heterocycles. The van der Waals surface area contributed by atoms with Gasteiger partial charge in [-0.15, -0.1) is 0 Å². The summed E-state index contributed by atoms with van der Waals surface area (Å²) in [4.78, 5) is 4.84. The average molecular weight is 271 g/mol. The van der Waals surface area contributed by atoms with Crippen molar-refractivity contribution in [1.82, 2.24) is 9.80 Å². The van der Waals surface area contributed by atoms with Crippen LogP contribution in [-0.2, 0) is 6.54 Å². The zero-order valence-corrected chi connectivity index (χ0v) is 12.4. The molecule has 3 nitrogen and oxygen atoms in total. The van der Waals surface area contributed by atoms with Crippen molar-refractivity contribution in [2.45, 2.75) is 45.2 Å². The zero-order chi connectivity index (χ0) is 13.9. The average Bonchev–Trinajstić information content (AvgIpc) is 2.78. The first-order valence-electron chi connectivity index (χ1n) is 7.91. The van der Waals surface area contributed by atoms with Gasteiger partial charge < -0.3 is 9.80 Å². The third-order valence-electron chi connectivity index (χ3n) is 4.76. The summed E-state index contributed by atoms with van der Waals surface area (Å²) < 4.78 is 0. The van der Waals surface area contributed by atoms with Gasteiger partial charge in [-0.1, -0.05) is 30.7 Å². The molecule has 0 aliphatic carbocycles. The van der Waals surface area contributed by atoms with Crippen molar-refractivity contribution >= 4 is 5.84 Å². The Morgan fingerprint density at radius 1 is 1.20 bits per heavy atom. The number of rotatable bonds is 4. The van der Waals surface area contributed by atoms with Gasteiger partial charge >= 0.3 is 0 Å². The van der Waals surface area contributed by atoms with E-state index in [2.05, 4.69) is 34.9 Å². The first-order chi connectivity index (χ1) is 9.75. The Kier molecular flexibility index (Phi) is 4.06. The van der Waals surface area contributed by atoms with E-state index in [1.807, 2.05) is 6.07 Å². The molecule has 1 aromatic rings. The fourth-order valence-corrected chi connectivity index (χ4v) is 3.49. The highest BCUT2D eigenvalue weighted by Crippen LogP contribution is 2.22. The zero-order valence-electron chi connectivity index (χ0n) is 12.4. The minimum absolute atomic E-state index is 0.715. The molecule has 3 heteroatoms. The largest absolute Gasteiger partial charge is 0.352 e. The Bertz CT molecular complexity index is 483. The van der Waals surface area contributed by atoms with Crippen LogP contribution in [0.25, 0.3) is 0 Å². The van der Waals surface area contributed by atoms with E-state index in [0.717, 1.165) is 24.7 Å². The number of benzene rings is 1. The molecule has 1 N–H and O–H groups in total. The lowest BCUT2D eigenvalue weighted by Crippen LogP contribution is -2.39. The second-order valence-corrected chi connectivity index (χ2v) is 6.16. The van der Waals surface area contributed by atoms with Crippen LogP contribution in [0.3, 0.4) is 0 Å². The van der Waals surface area contributed by atoms with Crippen LogP contribution in [0.5, 0.6) is 0 Å². The van der Waals surface area contributed by atoms with Crippen molar-refractivity contribution in [3.63, 3.8) is 0 Å². The van der Waals surface area contributed by atoms with Crippen molar-refractivity contribution in [3.8, 4) is 0 Å². The number of fused-ring (bicyclic) bond motifs is 1. The fourth-order valence-electron chi connectivity index (χ4n) is 3.49. The molecule has 2 aliphatic heterocycles. The predicted octanol–water partition coefficient (Wildman–Crippen LogP) is 3.09. The molecule has 3 rings (SSSR count). The molecule has 20 heavy (non-hydrogen) atoms. The maximum Gasteiger partial charge on any atom is 0.128 e. The lowest BCUT2D eigenvalue weighted by molar-refractivity contribution is 0.155. The summed E-state index contributed by atoms with van der Waals surface area (Å²) in [5.41, 5.74) is 2.43. The highest BCUT2D eigenvalue weighted by molar-refractivity contribution is 6.00. The quantitative estimate of drug-likeness (QED) is 0.912. The number of nitrogens with one attached hydrogen (secondary N) is 1. The van der Waals surface area contributed by atoms with E-state index in [1.54, 1.807) is 0 Å². The Hall–Kier alpha value is -1.35. The molecule has 1 fully saturated rings. The molecular weight excluding hydrogens is 246 g/mol. The Balaban J connectivity index is 1.49. The molecule has 1 saturated heterocycles. The van der Waals surface area contributed by atoms with Crippen molar-refractivity contribution in [2.75, 3.05) is 19.6 Å². The Morgan fingerprint density at radius 2 is 2.05 bits per heavy atom. The number of hydrogen-bond donors (Lipinski definition) is 1. The molecule has 0 saturated carbocycles. The van der Waals surface area contributed by atoms with Crippen molar-refractivity contribution in [1.29, 1.82) is 5.41 Å². The Morgan fingerprint density at radius 3 is 2.85 bits per heavy atom. The van der Waals surface area contributed by atoms with Gasteiger partial charge in [0.05, 0.1) is 0 Å². The summed E-state index contributed by atoms with van der Waals surface area (Å²) in [7, 11) is 0. The number of piperidine rings is 1. The minimum Gasteiger partial charge on any atom is -0.352 e. The molecule has 2 heterocycles. The summed E-state index contributed by atoms with van der Waals surface area (Å²) in [6, 6.07) is 9.08. The molecule has 0 spiro atoms. The Labute approximate surface area is 122 Å². The highest BCUT2D eigenvalue weighted by atomic mass is 15.2. The molecule has 0 radical (unpaired) electrons. The van der Waals surface area contributed by atoms with Gasteiger partial charge in [-0.05, 0) is 38.3 Å². The highest BCUT2D eigenvalue weighted by Gasteiger charge is 2.23. The van der Waals surface area contributed by atoms with Crippen LogP contribution in [0, 0.1) is 5.41 Å². The van der Waals surface area contributed by atoms with Crippen LogP contribution < -0.4 is 0 Å². The van der Waals surface area contributed by atoms with E-state index in [4.69, 9.17) is 5.41 Å². The van der Waals surface area contributed by atoms with E-state index in [0.29, 0.717) is 5.84 Å². The summed E-state index contributed by atoms with van der Waals surface area (Å²) in [6.45, 7) is 6.73. The van der Waals surface area contributed by atoms with Crippen molar-refractivity contribution in [2.24, 2.45) is 0 Å². The number of likely N-dealkylation sites (tertiary alicyclic amines) is 1. The summed E-state index contributed by atoms with van der Waals surface area (Å²) >= 11 is 0. The lowest BCUT2D eigenvalue weighted by Gasteiger charge is -2.33. The standard InChI is InChI=1S/C17H25N3/c1-14-7-4-5-10-19(14)11-6-12-20-13-15-8-2-3-9-16(15)17(20)18/h2-3,8-9,14,18H,4-7,10-13H2,1H3. The smallest absolute Gasteiger partial charge is 0.128 e. The van der Waals surface area contributed by atoms with Crippen LogP contribution in [0.2, 0.25) is 0 Å². The van der Waals surface area contributed by atoms with E-state index >= 15 is 0 Å². The maximum absolute atomic E-state index is 8.26. The van der Waals surface area contributed by atoms with E-state index in [-0.39, 0.29) is 0 Å². The monoisotopic (exact) mass is 271 g/mol. The van der Waals surface area contributed by atoms with Crippen LogP contribution in [-0.4, -0.2) is 41.3 Å². The van der Waals surface area contributed by atoms with E-state index < -0.39 is 0 Å². The summed E-state index contributed by atoms with van der Waals surface area (Å²) in [6.07, 6.45) is 5.27. The van der Waals surface area contributed by atoms with Gasteiger partial charge in [0.15, 0.2) is 0 Å². The van der Waals surface area contributed by atoms with Gasteiger partial charge in [-0.3, -0.25) is 5.41 Å². The van der Waals surface area contributed by atoms with Crippen LogP contribution >= 0.6 is 0 Å². The molecule has 0 amide bonds. The molecular formula is C17H25N3. The molecule has 1 aromatic carbocycles. The van der Waals surface area contributed by atoms with Crippen molar-refractivity contribution < 1.29 is 0 Å². The molecule has 1 unspecified atom stereocenters. The molecule has 1 atom stereocenters. The van der Waals surface area contributed by atoms with Gasteiger partial charge in [0.25, 0.3) is 0 Å². The van der Waals surface area contributed by atoms with Crippen LogP contribution in [0.1, 0.15) is 43.7 Å².